The van der Waals surface area contributed by atoms with Crippen molar-refractivity contribution in [2.45, 2.75) is 49.5 Å². The van der Waals surface area contributed by atoms with Crippen LogP contribution in [0.4, 0.5) is 0 Å². The number of aryl methyl sites for hydroxylation is 1. The van der Waals surface area contributed by atoms with Gasteiger partial charge in [-0.3, -0.25) is 9.78 Å². The van der Waals surface area contributed by atoms with E-state index in [4.69, 9.17) is 0 Å². The summed E-state index contributed by atoms with van der Waals surface area (Å²) in [6, 6.07) is 6.74. The number of hydrogen-bond acceptors (Lipinski definition) is 4. The fourth-order valence-corrected chi connectivity index (χ4v) is 5.24. The number of rotatable bonds is 5. The van der Waals surface area contributed by atoms with Crippen LogP contribution in [0.1, 0.15) is 37.8 Å². The van der Waals surface area contributed by atoms with Crippen molar-refractivity contribution < 1.29 is 18.3 Å². The largest absolute Gasteiger partial charge is 0.481 e. The lowest BCUT2D eigenvalue weighted by molar-refractivity contribution is -0.138. The maximum atomic E-state index is 13.0. The van der Waals surface area contributed by atoms with Gasteiger partial charge in [0, 0.05) is 28.2 Å². The molecule has 0 bridgehead atoms. The Morgan fingerprint density at radius 1 is 1.25 bits per heavy atom. The summed E-state index contributed by atoms with van der Waals surface area (Å²) in [4.78, 5) is 15.6. The van der Waals surface area contributed by atoms with E-state index in [1.807, 2.05) is 13.0 Å². The van der Waals surface area contributed by atoms with E-state index in [1.165, 1.54) is 0 Å². The summed E-state index contributed by atoms with van der Waals surface area (Å²) >= 11 is 0. The van der Waals surface area contributed by atoms with Gasteiger partial charge in [0.25, 0.3) is 0 Å². The summed E-state index contributed by atoms with van der Waals surface area (Å²) in [6.07, 6.45) is 4.13. The number of nitrogens with one attached hydrogen (secondary N) is 1. The fourth-order valence-electron chi connectivity index (χ4n) is 3.56. The number of hydrogen-bond donors (Lipinski definition) is 2. The SMILES string of the molecule is Cc1nccc2c(S(=O)(=O)NC3(CC(=O)O)CCCC3)cccc12. The first-order chi connectivity index (χ1) is 11.3. The van der Waals surface area contributed by atoms with Crippen molar-refractivity contribution in [1.29, 1.82) is 0 Å². The zero-order valence-corrected chi connectivity index (χ0v) is 14.3. The first-order valence-corrected chi connectivity index (χ1v) is 9.41. The first-order valence-electron chi connectivity index (χ1n) is 7.93. The summed E-state index contributed by atoms with van der Waals surface area (Å²) in [6.45, 7) is 1.83. The third-order valence-corrected chi connectivity index (χ3v) is 6.29. The molecule has 2 aromatic rings. The van der Waals surface area contributed by atoms with E-state index >= 15 is 0 Å². The molecule has 6 nitrogen and oxygen atoms in total. The van der Waals surface area contributed by atoms with Crippen LogP contribution in [0, 0.1) is 6.92 Å². The van der Waals surface area contributed by atoms with E-state index < -0.39 is 21.5 Å². The minimum atomic E-state index is -3.83. The summed E-state index contributed by atoms with van der Waals surface area (Å²) in [5.41, 5.74) is -0.139. The monoisotopic (exact) mass is 348 g/mol. The lowest BCUT2D eigenvalue weighted by Crippen LogP contribution is -2.47. The van der Waals surface area contributed by atoms with E-state index in [9.17, 15) is 18.3 Å². The standard InChI is InChI=1S/C17H20N2O4S/c1-12-13-5-4-6-15(14(13)7-10-18-12)24(22,23)19-17(11-16(20)21)8-2-3-9-17/h4-7,10,19H,2-3,8-9,11H2,1H3,(H,20,21). The van der Waals surface area contributed by atoms with Crippen molar-refractivity contribution in [2.24, 2.45) is 0 Å². The number of nitrogens with zero attached hydrogens (tertiary/aromatic N) is 1. The zero-order chi connectivity index (χ0) is 17.4. The lowest BCUT2D eigenvalue weighted by Gasteiger charge is -2.28. The Kier molecular flexibility index (Phi) is 4.31. The Morgan fingerprint density at radius 2 is 1.96 bits per heavy atom. The molecule has 0 amide bonds. The van der Waals surface area contributed by atoms with Crippen LogP contribution in [0.5, 0.6) is 0 Å². The van der Waals surface area contributed by atoms with E-state index in [-0.39, 0.29) is 11.3 Å². The second-order valence-electron chi connectivity index (χ2n) is 6.41. The molecule has 0 saturated heterocycles. The Labute approximate surface area is 141 Å². The van der Waals surface area contributed by atoms with Crippen molar-refractivity contribution >= 4 is 26.8 Å². The third-order valence-electron chi connectivity index (χ3n) is 4.66. The number of carboxylic acid groups (broad SMARTS) is 1. The minimum absolute atomic E-state index is 0.169. The molecule has 0 aliphatic heterocycles. The van der Waals surface area contributed by atoms with Gasteiger partial charge in [0.2, 0.25) is 10.0 Å². The number of pyridine rings is 1. The van der Waals surface area contributed by atoms with Gasteiger partial charge in [-0.2, -0.15) is 0 Å². The van der Waals surface area contributed by atoms with Crippen LogP contribution in [-0.4, -0.2) is 30.0 Å². The Hall–Kier alpha value is -1.99. The van der Waals surface area contributed by atoms with Crippen LogP contribution >= 0.6 is 0 Å². The van der Waals surface area contributed by atoms with Gasteiger partial charge < -0.3 is 5.11 Å². The topological polar surface area (TPSA) is 96.4 Å². The highest BCUT2D eigenvalue weighted by atomic mass is 32.2. The molecule has 0 atom stereocenters. The maximum Gasteiger partial charge on any atom is 0.305 e. The molecule has 3 rings (SSSR count). The normalized spacial score (nSPS) is 17.2. The van der Waals surface area contributed by atoms with E-state index in [1.54, 1.807) is 24.4 Å². The molecule has 1 saturated carbocycles. The highest BCUT2D eigenvalue weighted by Gasteiger charge is 2.40. The number of fused-ring (bicyclic) bond motifs is 1. The third kappa shape index (κ3) is 3.14. The van der Waals surface area contributed by atoms with E-state index in [2.05, 4.69) is 9.71 Å². The van der Waals surface area contributed by atoms with Crippen LogP contribution < -0.4 is 4.72 Å². The van der Waals surface area contributed by atoms with Gasteiger partial charge in [0.15, 0.2) is 0 Å². The van der Waals surface area contributed by atoms with Gasteiger partial charge in [0.05, 0.1) is 11.3 Å². The van der Waals surface area contributed by atoms with Gasteiger partial charge in [-0.15, -0.1) is 0 Å². The van der Waals surface area contributed by atoms with Crippen LogP contribution in [0.25, 0.3) is 10.8 Å². The van der Waals surface area contributed by atoms with Gasteiger partial charge in [-0.05, 0) is 31.9 Å². The smallest absolute Gasteiger partial charge is 0.305 e. The molecular weight excluding hydrogens is 328 g/mol. The second-order valence-corrected chi connectivity index (χ2v) is 8.06. The average Bonchev–Trinajstić information content (AvgIpc) is 2.93. The number of aliphatic carboxylic acids is 1. The molecule has 0 unspecified atom stereocenters. The fraction of sp³-hybridized carbons (Fsp3) is 0.412. The van der Waals surface area contributed by atoms with Crippen molar-refractivity contribution in [3.63, 3.8) is 0 Å². The quantitative estimate of drug-likeness (QED) is 0.866. The molecule has 1 fully saturated rings. The number of sulfonamides is 1. The van der Waals surface area contributed by atoms with Crippen LogP contribution in [0.15, 0.2) is 35.4 Å². The van der Waals surface area contributed by atoms with Gasteiger partial charge >= 0.3 is 5.97 Å². The Bertz CT molecular complexity index is 887. The minimum Gasteiger partial charge on any atom is -0.481 e. The zero-order valence-electron chi connectivity index (χ0n) is 13.4. The van der Waals surface area contributed by atoms with Crippen LogP contribution in [0.3, 0.4) is 0 Å². The average molecular weight is 348 g/mol. The summed E-state index contributed by atoms with van der Waals surface area (Å²) in [5, 5.41) is 10.5. The molecule has 2 N–H and O–H groups in total. The molecule has 24 heavy (non-hydrogen) atoms. The molecule has 0 radical (unpaired) electrons. The highest BCUT2D eigenvalue weighted by Crippen LogP contribution is 2.35. The number of benzene rings is 1. The molecule has 7 heteroatoms. The van der Waals surface area contributed by atoms with E-state index in [0.29, 0.717) is 18.2 Å². The van der Waals surface area contributed by atoms with Crippen LogP contribution in [-0.2, 0) is 14.8 Å². The van der Waals surface area contributed by atoms with Gasteiger partial charge in [-0.25, -0.2) is 13.1 Å². The molecule has 1 aliphatic rings. The molecule has 128 valence electrons. The van der Waals surface area contributed by atoms with Gasteiger partial charge in [-0.1, -0.05) is 25.0 Å². The van der Waals surface area contributed by atoms with Crippen molar-refractivity contribution in [3.8, 4) is 0 Å². The molecule has 1 aromatic heterocycles. The van der Waals surface area contributed by atoms with Gasteiger partial charge in [0.1, 0.15) is 0 Å². The first kappa shape index (κ1) is 16.9. The number of aromatic nitrogens is 1. The van der Waals surface area contributed by atoms with Crippen molar-refractivity contribution in [1.82, 2.24) is 9.71 Å². The molecule has 0 spiro atoms. The molecule has 1 heterocycles. The Balaban J connectivity index is 2.05. The number of carbonyl (C=O) groups is 1. The highest BCUT2D eigenvalue weighted by molar-refractivity contribution is 7.89. The van der Waals surface area contributed by atoms with Crippen molar-refractivity contribution in [3.05, 3.63) is 36.2 Å². The van der Waals surface area contributed by atoms with E-state index in [0.717, 1.165) is 23.9 Å². The van der Waals surface area contributed by atoms with Crippen molar-refractivity contribution in [2.75, 3.05) is 0 Å². The molecular formula is C17H20N2O4S. The second kappa shape index (κ2) is 6.14. The molecule has 1 aromatic carbocycles. The van der Waals surface area contributed by atoms with Crippen LogP contribution in [0.2, 0.25) is 0 Å². The summed E-state index contributed by atoms with van der Waals surface area (Å²) in [5.74, 6) is -0.988. The maximum absolute atomic E-state index is 13.0. The Morgan fingerprint density at radius 3 is 2.62 bits per heavy atom. The summed E-state index contributed by atoms with van der Waals surface area (Å²) in [7, 11) is -3.83. The predicted octanol–water partition coefficient (Wildman–Crippen LogP) is 2.61. The predicted molar refractivity (Wildman–Crippen MR) is 90.3 cm³/mol. The summed E-state index contributed by atoms with van der Waals surface area (Å²) < 4.78 is 28.7. The lowest BCUT2D eigenvalue weighted by atomic mass is 9.95. The molecule has 1 aliphatic carbocycles. The number of carboxylic acids is 1.